The zero-order valence-electron chi connectivity index (χ0n) is 24.7. The molecule has 2 aliphatic heterocycles. The summed E-state index contributed by atoms with van der Waals surface area (Å²) in [5, 5.41) is 0. The van der Waals surface area contributed by atoms with Crippen molar-refractivity contribution in [1.82, 2.24) is 9.80 Å². The van der Waals surface area contributed by atoms with Crippen LogP contribution < -0.4 is 14.5 Å². The molecule has 3 aromatic rings. The Bertz CT molecular complexity index is 1430. The normalized spacial score (nSPS) is 16.8. The number of hydrogen-bond acceptors (Lipinski definition) is 6. The molecule has 5 rings (SSSR count). The van der Waals surface area contributed by atoms with Gasteiger partial charge in [-0.05, 0) is 41.8 Å². The summed E-state index contributed by atoms with van der Waals surface area (Å²) >= 11 is 0. The van der Waals surface area contributed by atoms with Gasteiger partial charge in [0.1, 0.15) is 5.75 Å². The van der Waals surface area contributed by atoms with Gasteiger partial charge < -0.3 is 24.2 Å². The zero-order chi connectivity index (χ0) is 30.3. The van der Waals surface area contributed by atoms with E-state index in [1.165, 1.54) is 18.9 Å². The van der Waals surface area contributed by atoms with Crippen LogP contribution in [0.3, 0.4) is 0 Å². The molecule has 0 saturated carbocycles. The summed E-state index contributed by atoms with van der Waals surface area (Å²) in [6.07, 6.45) is 0.619. The third-order valence-electron chi connectivity index (χ3n) is 8.02. The van der Waals surface area contributed by atoms with Crippen LogP contribution in [0.4, 0.5) is 20.2 Å². The van der Waals surface area contributed by atoms with E-state index in [2.05, 4.69) is 21.9 Å². The van der Waals surface area contributed by atoms with Crippen molar-refractivity contribution in [3.63, 3.8) is 0 Å². The van der Waals surface area contributed by atoms with Gasteiger partial charge in [0.15, 0.2) is 11.6 Å². The van der Waals surface area contributed by atoms with Gasteiger partial charge in [-0.2, -0.15) is 0 Å². The van der Waals surface area contributed by atoms with Gasteiger partial charge in [-0.25, -0.2) is 8.78 Å². The molecule has 0 aliphatic carbocycles. The molecule has 0 spiro atoms. The fourth-order valence-electron chi connectivity index (χ4n) is 5.74. The average Bonchev–Trinajstić information content (AvgIpc) is 3.05. The van der Waals surface area contributed by atoms with Crippen molar-refractivity contribution in [2.45, 2.75) is 26.4 Å². The van der Waals surface area contributed by atoms with Gasteiger partial charge in [-0.15, -0.1) is 0 Å². The van der Waals surface area contributed by atoms with Crippen LogP contribution in [0, 0.1) is 11.6 Å². The van der Waals surface area contributed by atoms with Crippen molar-refractivity contribution in [1.29, 1.82) is 0 Å². The monoisotopic (exact) mass is 592 g/mol. The molecule has 1 saturated heterocycles. The van der Waals surface area contributed by atoms with E-state index in [0.717, 1.165) is 23.4 Å². The number of benzene rings is 3. The Labute approximate surface area is 251 Å². The van der Waals surface area contributed by atoms with Gasteiger partial charge in [-0.1, -0.05) is 30.3 Å². The summed E-state index contributed by atoms with van der Waals surface area (Å²) in [6, 6.07) is 17.8. The SMILES string of the molecule is COc1ccc(N2CCOCC2)cc1C(=O)N1CCN(Cc2ccccc2)CCCN(C(C)=O)c2cc(F)c(F)cc2C1. The summed E-state index contributed by atoms with van der Waals surface area (Å²) in [5.41, 5.74) is 3.03. The molecule has 1 fully saturated rings. The van der Waals surface area contributed by atoms with Gasteiger partial charge in [-0.3, -0.25) is 14.5 Å². The fourth-order valence-corrected chi connectivity index (χ4v) is 5.74. The van der Waals surface area contributed by atoms with E-state index in [4.69, 9.17) is 9.47 Å². The molecule has 2 heterocycles. The summed E-state index contributed by atoms with van der Waals surface area (Å²) in [7, 11) is 1.52. The van der Waals surface area contributed by atoms with E-state index in [-0.39, 0.29) is 24.0 Å². The van der Waals surface area contributed by atoms with Gasteiger partial charge in [0, 0.05) is 71.0 Å². The van der Waals surface area contributed by atoms with Gasteiger partial charge in [0.25, 0.3) is 5.91 Å². The zero-order valence-corrected chi connectivity index (χ0v) is 24.7. The number of amides is 2. The van der Waals surface area contributed by atoms with Crippen molar-refractivity contribution in [2.24, 2.45) is 0 Å². The predicted molar refractivity (Wildman–Crippen MR) is 161 cm³/mol. The van der Waals surface area contributed by atoms with E-state index in [0.29, 0.717) is 82.3 Å². The Balaban J connectivity index is 1.53. The number of nitrogens with zero attached hydrogens (tertiary/aromatic N) is 4. The van der Waals surface area contributed by atoms with Crippen molar-refractivity contribution in [3.8, 4) is 5.75 Å². The molecule has 0 radical (unpaired) electrons. The number of carbonyl (C=O) groups is 2. The van der Waals surface area contributed by atoms with Crippen molar-refractivity contribution in [2.75, 3.05) is 69.4 Å². The largest absolute Gasteiger partial charge is 0.496 e. The lowest BCUT2D eigenvalue weighted by Crippen LogP contribution is -2.39. The number of anilines is 2. The van der Waals surface area contributed by atoms with Crippen LogP contribution in [0.25, 0.3) is 0 Å². The molecular weight excluding hydrogens is 554 g/mol. The minimum atomic E-state index is -1.04. The standard InChI is InChI=1S/C33H38F2N4O4/c1-24(40)39-12-6-11-36(22-25-7-4-3-5-8-25)13-14-38(23-26-19-29(34)30(35)21-31(26)39)33(41)28-20-27(9-10-32(28)42-2)37-15-17-43-18-16-37/h3-5,7-10,19-21H,6,11-18,22-23H2,1-2H3. The lowest BCUT2D eigenvalue weighted by Gasteiger charge is -2.31. The van der Waals surface area contributed by atoms with E-state index in [1.54, 1.807) is 11.0 Å². The Morgan fingerprint density at radius 2 is 1.63 bits per heavy atom. The number of fused-ring (bicyclic) bond motifs is 1. The van der Waals surface area contributed by atoms with Gasteiger partial charge in [0.2, 0.25) is 5.91 Å². The highest BCUT2D eigenvalue weighted by Crippen LogP contribution is 2.30. The van der Waals surface area contributed by atoms with Crippen LogP contribution in [-0.4, -0.2) is 81.2 Å². The first kappa shape index (κ1) is 30.4. The van der Waals surface area contributed by atoms with Crippen molar-refractivity contribution < 1.29 is 27.8 Å². The van der Waals surface area contributed by atoms with E-state index in [1.807, 2.05) is 30.3 Å². The topological polar surface area (TPSA) is 65.6 Å². The second-order valence-electron chi connectivity index (χ2n) is 10.9. The average molecular weight is 593 g/mol. The molecule has 0 atom stereocenters. The first-order valence-electron chi connectivity index (χ1n) is 14.7. The second kappa shape index (κ2) is 14.0. The maximum atomic E-state index is 14.6. The highest BCUT2D eigenvalue weighted by Gasteiger charge is 2.27. The Morgan fingerprint density at radius 3 is 2.35 bits per heavy atom. The molecule has 0 aromatic heterocycles. The minimum absolute atomic E-state index is 0.0146. The summed E-state index contributed by atoms with van der Waals surface area (Å²) in [4.78, 5) is 34.6. The summed E-state index contributed by atoms with van der Waals surface area (Å²) in [5.74, 6) is -2.21. The molecule has 2 amide bonds. The Morgan fingerprint density at radius 1 is 0.884 bits per heavy atom. The number of hydrogen-bond donors (Lipinski definition) is 0. The number of ether oxygens (including phenoxy) is 2. The van der Waals surface area contributed by atoms with Crippen molar-refractivity contribution in [3.05, 3.63) is 89.0 Å². The number of rotatable bonds is 5. The Hall–Kier alpha value is -4.02. The molecule has 0 bridgehead atoms. The van der Waals surface area contributed by atoms with Crippen LogP contribution in [0.1, 0.15) is 34.8 Å². The van der Waals surface area contributed by atoms with Crippen LogP contribution in [0.2, 0.25) is 0 Å². The van der Waals surface area contributed by atoms with E-state index < -0.39 is 11.6 Å². The van der Waals surface area contributed by atoms with Gasteiger partial charge in [0.05, 0.1) is 31.6 Å². The maximum absolute atomic E-state index is 14.6. The third-order valence-corrected chi connectivity index (χ3v) is 8.02. The van der Waals surface area contributed by atoms with E-state index in [9.17, 15) is 18.4 Å². The molecule has 228 valence electrons. The second-order valence-corrected chi connectivity index (χ2v) is 10.9. The number of morpholine rings is 1. The molecular formula is C33H38F2N4O4. The first-order valence-corrected chi connectivity index (χ1v) is 14.7. The maximum Gasteiger partial charge on any atom is 0.258 e. The molecule has 8 nitrogen and oxygen atoms in total. The number of carbonyl (C=O) groups excluding carboxylic acids is 2. The number of halogens is 2. The van der Waals surface area contributed by atoms with Crippen LogP contribution in [-0.2, 0) is 22.6 Å². The van der Waals surface area contributed by atoms with Crippen molar-refractivity contribution >= 4 is 23.2 Å². The molecule has 0 unspecified atom stereocenters. The molecule has 2 aliphatic rings. The number of methoxy groups -OCH3 is 1. The summed E-state index contributed by atoms with van der Waals surface area (Å²) < 4.78 is 40.3. The first-order chi connectivity index (χ1) is 20.8. The smallest absolute Gasteiger partial charge is 0.258 e. The molecule has 0 N–H and O–H groups in total. The lowest BCUT2D eigenvalue weighted by molar-refractivity contribution is -0.116. The predicted octanol–water partition coefficient (Wildman–Crippen LogP) is 4.71. The molecule has 10 heteroatoms. The third kappa shape index (κ3) is 7.32. The lowest BCUT2D eigenvalue weighted by atomic mass is 10.1. The van der Waals surface area contributed by atoms with Crippen LogP contribution in [0.15, 0.2) is 60.7 Å². The van der Waals surface area contributed by atoms with E-state index >= 15 is 0 Å². The van der Waals surface area contributed by atoms with Crippen LogP contribution in [0.5, 0.6) is 5.75 Å². The molecule has 3 aromatic carbocycles. The fraction of sp³-hybridized carbons (Fsp3) is 0.394. The molecule has 43 heavy (non-hydrogen) atoms. The highest BCUT2D eigenvalue weighted by atomic mass is 19.2. The highest BCUT2D eigenvalue weighted by molar-refractivity contribution is 5.98. The minimum Gasteiger partial charge on any atom is -0.496 e. The van der Waals surface area contributed by atoms with Crippen LogP contribution >= 0.6 is 0 Å². The Kier molecular flexibility index (Phi) is 9.89. The summed E-state index contributed by atoms with van der Waals surface area (Å²) in [6.45, 7) is 6.53. The van der Waals surface area contributed by atoms with Gasteiger partial charge >= 0.3 is 0 Å². The quantitative estimate of drug-likeness (QED) is 0.428.